The first kappa shape index (κ1) is 13.7. The largest absolute Gasteiger partial charge is 0.472 e. The van der Waals surface area contributed by atoms with Crippen molar-refractivity contribution in [3.63, 3.8) is 0 Å². The molecular weight excluding hydrogens is 254 g/mol. The van der Waals surface area contributed by atoms with Crippen molar-refractivity contribution >= 4 is 5.71 Å². The second kappa shape index (κ2) is 5.51. The summed E-state index contributed by atoms with van der Waals surface area (Å²) in [6, 6.07) is 0. The lowest BCUT2D eigenvalue weighted by Gasteiger charge is -2.25. The van der Waals surface area contributed by atoms with Crippen molar-refractivity contribution in [2.75, 3.05) is 13.2 Å². The van der Waals surface area contributed by atoms with Gasteiger partial charge in [-0.2, -0.15) is 0 Å². The molecule has 1 aromatic heterocycles. The van der Waals surface area contributed by atoms with Gasteiger partial charge in [-0.25, -0.2) is 4.63 Å². The van der Waals surface area contributed by atoms with E-state index in [2.05, 4.69) is 30.5 Å². The van der Waals surface area contributed by atoms with Crippen molar-refractivity contribution in [1.82, 2.24) is 15.8 Å². The van der Waals surface area contributed by atoms with Crippen LogP contribution in [0.25, 0.3) is 0 Å². The minimum Gasteiger partial charge on any atom is -0.472 e. The van der Waals surface area contributed by atoms with E-state index in [9.17, 15) is 0 Å². The van der Waals surface area contributed by atoms with Crippen LogP contribution in [0.5, 0.6) is 5.88 Å². The molecule has 2 rings (SSSR count). The summed E-state index contributed by atoms with van der Waals surface area (Å²) in [7, 11) is 0. The van der Waals surface area contributed by atoms with E-state index in [0.29, 0.717) is 17.3 Å². The molecule has 1 aliphatic rings. The lowest BCUT2D eigenvalue weighted by Crippen LogP contribution is -2.49. The molecular formula is C10H17N5O4. The predicted octanol–water partition coefficient (Wildman–Crippen LogP) is -0.272. The summed E-state index contributed by atoms with van der Waals surface area (Å²) in [4.78, 5) is 4.68. The van der Waals surface area contributed by atoms with Gasteiger partial charge in [0.25, 0.3) is 5.88 Å². The fourth-order valence-corrected chi connectivity index (χ4v) is 1.34. The zero-order valence-corrected chi connectivity index (χ0v) is 11.0. The molecule has 9 nitrogen and oxygen atoms in total. The molecule has 0 aliphatic carbocycles. The standard InChI is InChI=1S/C10H17N5O4/c1-6-8(14-18-12-6)16-4-10(3,11)5-17-9-7(2)13-19-15-9/h8,14H,4-5,11H2,1-3H3/t8-,10+/m0/s1. The van der Waals surface area contributed by atoms with E-state index in [1.54, 1.807) is 20.8 Å². The quantitative estimate of drug-likeness (QED) is 0.726. The third-order valence-electron chi connectivity index (χ3n) is 2.46. The van der Waals surface area contributed by atoms with Gasteiger partial charge in [0.05, 0.1) is 12.1 Å². The maximum Gasteiger partial charge on any atom is 0.278 e. The van der Waals surface area contributed by atoms with Gasteiger partial charge in [0, 0.05) is 0 Å². The fourth-order valence-electron chi connectivity index (χ4n) is 1.34. The van der Waals surface area contributed by atoms with Crippen molar-refractivity contribution < 1.29 is 19.0 Å². The van der Waals surface area contributed by atoms with Crippen LogP contribution in [0.15, 0.2) is 9.78 Å². The molecule has 2 heterocycles. The van der Waals surface area contributed by atoms with E-state index < -0.39 is 11.8 Å². The Morgan fingerprint density at radius 3 is 2.74 bits per heavy atom. The zero-order chi connectivity index (χ0) is 13.9. The van der Waals surface area contributed by atoms with Gasteiger partial charge in [0.2, 0.25) is 0 Å². The minimum absolute atomic E-state index is 0.214. The monoisotopic (exact) mass is 271 g/mol. The Kier molecular flexibility index (Phi) is 3.98. The molecule has 0 spiro atoms. The summed E-state index contributed by atoms with van der Waals surface area (Å²) in [5.74, 6) is 0.330. The summed E-state index contributed by atoms with van der Waals surface area (Å²) in [6.07, 6.45) is -0.390. The first-order valence-corrected chi connectivity index (χ1v) is 5.76. The summed E-state index contributed by atoms with van der Waals surface area (Å²) < 4.78 is 15.5. The first-order valence-electron chi connectivity index (χ1n) is 5.76. The molecule has 0 amide bonds. The Balaban J connectivity index is 1.78. The van der Waals surface area contributed by atoms with E-state index in [0.717, 1.165) is 0 Å². The highest BCUT2D eigenvalue weighted by molar-refractivity contribution is 5.86. The van der Waals surface area contributed by atoms with Gasteiger partial charge in [-0.3, -0.25) is 4.94 Å². The van der Waals surface area contributed by atoms with Crippen molar-refractivity contribution in [2.24, 2.45) is 10.9 Å². The van der Waals surface area contributed by atoms with E-state index in [-0.39, 0.29) is 13.2 Å². The van der Waals surface area contributed by atoms with Crippen LogP contribution in [-0.2, 0) is 9.68 Å². The Morgan fingerprint density at radius 1 is 1.37 bits per heavy atom. The molecule has 0 saturated heterocycles. The molecule has 0 fully saturated rings. The molecule has 0 radical (unpaired) electrons. The van der Waals surface area contributed by atoms with Crippen LogP contribution in [-0.4, -0.2) is 41.0 Å². The van der Waals surface area contributed by atoms with Crippen molar-refractivity contribution in [2.45, 2.75) is 32.5 Å². The average molecular weight is 271 g/mol. The summed E-state index contributed by atoms with van der Waals surface area (Å²) in [5.41, 5.74) is 9.25. The lowest BCUT2D eigenvalue weighted by atomic mass is 10.1. The number of rotatable bonds is 6. The van der Waals surface area contributed by atoms with Crippen molar-refractivity contribution in [3.05, 3.63) is 5.69 Å². The molecule has 106 valence electrons. The molecule has 3 N–H and O–H groups in total. The number of aryl methyl sites for hydroxylation is 1. The van der Waals surface area contributed by atoms with Crippen LogP contribution in [0.3, 0.4) is 0 Å². The SMILES string of the molecule is CC1=NON[C@H]1OC[C@@](C)(N)COc1nonc1C. The molecule has 0 aromatic carbocycles. The maximum atomic E-state index is 6.07. The van der Waals surface area contributed by atoms with E-state index in [1.165, 1.54) is 0 Å². The van der Waals surface area contributed by atoms with Crippen LogP contribution in [0, 0.1) is 6.92 Å². The summed E-state index contributed by atoms with van der Waals surface area (Å²) >= 11 is 0. The number of nitrogens with zero attached hydrogens (tertiary/aromatic N) is 3. The van der Waals surface area contributed by atoms with E-state index >= 15 is 0 Å². The topological polar surface area (TPSA) is 117 Å². The van der Waals surface area contributed by atoms with Crippen molar-refractivity contribution in [1.29, 1.82) is 0 Å². The van der Waals surface area contributed by atoms with Crippen LogP contribution in [0.4, 0.5) is 0 Å². The van der Waals surface area contributed by atoms with E-state index in [1.807, 2.05) is 0 Å². The molecule has 1 aliphatic heterocycles. The number of hydrogen-bond acceptors (Lipinski definition) is 9. The number of nitrogens with one attached hydrogen (secondary N) is 1. The number of oxime groups is 1. The van der Waals surface area contributed by atoms with Crippen LogP contribution in [0.1, 0.15) is 19.5 Å². The Morgan fingerprint density at radius 2 is 2.16 bits per heavy atom. The van der Waals surface area contributed by atoms with Crippen LogP contribution >= 0.6 is 0 Å². The van der Waals surface area contributed by atoms with E-state index in [4.69, 9.17) is 15.2 Å². The highest BCUT2D eigenvalue weighted by Gasteiger charge is 2.26. The highest BCUT2D eigenvalue weighted by Crippen LogP contribution is 2.13. The number of hydroxylamine groups is 1. The van der Waals surface area contributed by atoms with Crippen molar-refractivity contribution in [3.8, 4) is 5.88 Å². The van der Waals surface area contributed by atoms with Gasteiger partial charge >= 0.3 is 0 Å². The first-order chi connectivity index (χ1) is 8.98. The van der Waals surface area contributed by atoms with Gasteiger partial charge in [0.1, 0.15) is 18.0 Å². The summed E-state index contributed by atoms with van der Waals surface area (Å²) in [6.45, 7) is 5.80. The smallest absolute Gasteiger partial charge is 0.278 e. The molecule has 2 atom stereocenters. The second-order valence-electron chi connectivity index (χ2n) is 4.73. The van der Waals surface area contributed by atoms with Gasteiger partial charge in [-0.1, -0.05) is 15.8 Å². The van der Waals surface area contributed by atoms with Crippen LogP contribution in [0.2, 0.25) is 0 Å². The maximum absolute atomic E-state index is 6.07. The van der Waals surface area contributed by atoms with Gasteiger partial charge in [0.15, 0.2) is 6.23 Å². The number of hydrogen-bond donors (Lipinski definition) is 2. The third-order valence-corrected chi connectivity index (χ3v) is 2.46. The zero-order valence-electron chi connectivity index (χ0n) is 11.0. The molecule has 0 saturated carbocycles. The number of aromatic nitrogens is 2. The van der Waals surface area contributed by atoms with Crippen LogP contribution < -0.4 is 16.0 Å². The highest BCUT2D eigenvalue weighted by atomic mass is 16.8. The Bertz CT molecular complexity index is 459. The lowest BCUT2D eigenvalue weighted by molar-refractivity contribution is -0.0479. The average Bonchev–Trinajstić information content (AvgIpc) is 2.93. The number of nitrogens with two attached hydrogens (primary N) is 1. The fraction of sp³-hybridized carbons (Fsp3) is 0.700. The third kappa shape index (κ3) is 3.63. The number of ether oxygens (including phenoxy) is 2. The minimum atomic E-state index is -0.698. The van der Waals surface area contributed by atoms with Gasteiger partial charge < -0.3 is 15.2 Å². The molecule has 0 unspecified atom stereocenters. The van der Waals surface area contributed by atoms with Gasteiger partial charge in [-0.05, 0) is 25.9 Å². The Hall–Kier alpha value is -1.71. The van der Waals surface area contributed by atoms with Gasteiger partial charge in [-0.15, -0.1) is 0 Å². The molecule has 19 heavy (non-hydrogen) atoms. The predicted molar refractivity (Wildman–Crippen MR) is 64.2 cm³/mol. The molecule has 1 aromatic rings. The molecule has 9 heteroatoms. The summed E-state index contributed by atoms with van der Waals surface area (Å²) in [5, 5.41) is 10.9. The normalized spacial score (nSPS) is 21.7. The molecule has 0 bridgehead atoms. The second-order valence-corrected chi connectivity index (χ2v) is 4.73. The Labute approximate surface area is 110 Å².